The monoisotopic (exact) mass is 475 g/mol. The second-order valence-corrected chi connectivity index (χ2v) is 8.77. The van der Waals surface area contributed by atoms with Gasteiger partial charge in [0.25, 0.3) is 5.91 Å². The number of anilines is 2. The van der Waals surface area contributed by atoms with E-state index in [2.05, 4.69) is 16.0 Å². The van der Waals surface area contributed by atoms with Gasteiger partial charge in [0.15, 0.2) is 0 Å². The Bertz CT molecular complexity index is 1270. The van der Waals surface area contributed by atoms with Crippen LogP contribution in [-0.2, 0) is 4.79 Å². The molecular weight excluding hydrogens is 446 g/mol. The molecule has 0 atom stereocenters. The molecule has 8 heteroatoms. The lowest BCUT2D eigenvalue weighted by molar-refractivity contribution is -0.143. The predicted octanol–water partition coefficient (Wildman–Crippen LogP) is 5.22. The summed E-state index contributed by atoms with van der Waals surface area (Å²) < 4.78 is 5.38. The number of nitrogens with one attached hydrogen (secondary N) is 3. The van der Waals surface area contributed by atoms with Crippen molar-refractivity contribution in [3.8, 4) is 16.9 Å². The van der Waals surface area contributed by atoms with Crippen molar-refractivity contribution in [2.75, 3.05) is 17.7 Å². The van der Waals surface area contributed by atoms with Crippen LogP contribution < -0.4 is 20.7 Å². The van der Waals surface area contributed by atoms with Crippen LogP contribution in [0.3, 0.4) is 0 Å². The highest BCUT2D eigenvalue weighted by atomic mass is 16.5. The molecule has 0 aliphatic rings. The number of rotatable bonds is 7. The molecule has 0 fully saturated rings. The first kappa shape index (κ1) is 25.3. The van der Waals surface area contributed by atoms with Gasteiger partial charge in [-0.1, -0.05) is 35.9 Å². The summed E-state index contributed by atoms with van der Waals surface area (Å²) in [5.41, 5.74) is 3.92. The summed E-state index contributed by atoms with van der Waals surface area (Å²) in [7, 11) is 1.44. The van der Waals surface area contributed by atoms with E-state index < -0.39 is 17.4 Å². The molecule has 0 bridgehead atoms. The maximum Gasteiger partial charge on any atom is 0.328 e. The van der Waals surface area contributed by atoms with Gasteiger partial charge in [-0.2, -0.15) is 0 Å². The molecular formula is C27H29N3O5. The Morgan fingerprint density at radius 3 is 2.11 bits per heavy atom. The number of benzene rings is 3. The van der Waals surface area contributed by atoms with E-state index >= 15 is 0 Å². The number of methoxy groups -OCH3 is 1. The van der Waals surface area contributed by atoms with Crippen LogP contribution in [0.2, 0.25) is 0 Å². The van der Waals surface area contributed by atoms with Crippen LogP contribution in [0.4, 0.5) is 16.2 Å². The fourth-order valence-electron chi connectivity index (χ4n) is 3.45. The van der Waals surface area contributed by atoms with Crippen LogP contribution in [0.1, 0.15) is 35.3 Å². The first-order valence-electron chi connectivity index (χ1n) is 11.0. The molecule has 0 aliphatic carbocycles. The molecule has 4 N–H and O–H groups in total. The Balaban J connectivity index is 1.72. The van der Waals surface area contributed by atoms with E-state index in [0.717, 1.165) is 27.9 Å². The van der Waals surface area contributed by atoms with Crippen molar-refractivity contribution in [3.63, 3.8) is 0 Å². The number of aliphatic carboxylic acids is 1. The molecule has 182 valence electrons. The number of carbonyl (C=O) groups is 3. The van der Waals surface area contributed by atoms with E-state index in [4.69, 9.17) is 4.74 Å². The van der Waals surface area contributed by atoms with Crippen molar-refractivity contribution < 1.29 is 24.2 Å². The molecule has 0 unspecified atom stereocenters. The summed E-state index contributed by atoms with van der Waals surface area (Å²) in [5.74, 6) is -1.37. The van der Waals surface area contributed by atoms with Crippen molar-refractivity contribution in [2.24, 2.45) is 0 Å². The second-order valence-electron chi connectivity index (χ2n) is 8.77. The highest BCUT2D eigenvalue weighted by molar-refractivity contribution is 6.01. The number of hydrogen-bond donors (Lipinski definition) is 4. The summed E-state index contributed by atoms with van der Waals surface area (Å²) in [6.45, 7) is 6.75. The number of amides is 3. The number of ether oxygens (including phenoxy) is 1. The van der Waals surface area contributed by atoms with Crippen LogP contribution in [0, 0.1) is 13.8 Å². The summed E-state index contributed by atoms with van der Waals surface area (Å²) >= 11 is 0. The van der Waals surface area contributed by atoms with Crippen molar-refractivity contribution in [3.05, 3.63) is 77.4 Å². The predicted molar refractivity (Wildman–Crippen MR) is 136 cm³/mol. The zero-order chi connectivity index (χ0) is 25.8. The fourth-order valence-corrected chi connectivity index (χ4v) is 3.45. The number of carbonyl (C=O) groups excluding carboxylic acids is 2. The largest absolute Gasteiger partial charge is 0.496 e. The van der Waals surface area contributed by atoms with Gasteiger partial charge in [0.1, 0.15) is 11.3 Å². The topological polar surface area (TPSA) is 117 Å². The average molecular weight is 476 g/mol. The lowest BCUT2D eigenvalue weighted by Crippen LogP contribution is -2.49. The van der Waals surface area contributed by atoms with Crippen LogP contribution in [0.25, 0.3) is 11.1 Å². The summed E-state index contributed by atoms with van der Waals surface area (Å²) in [6, 6.07) is 17.7. The summed E-state index contributed by atoms with van der Waals surface area (Å²) in [4.78, 5) is 36.3. The number of aryl methyl sites for hydroxylation is 2. The van der Waals surface area contributed by atoms with Gasteiger partial charge in [0, 0.05) is 11.4 Å². The number of carboxylic acid groups (broad SMARTS) is 1. The van der Waals surface area contributed by atoms with E-state index in [1.165, 1.54) is 21.0 Å². The normalized spacial score (nSPS) is 10.9. The molecule has 0 heterocycles. The van der Waals surface area contributed by atoms with Crippen molar-refractivity contribution in [2.45, 2.75) is 33.2 Å². The second kappa shape index (κ2) is 10.3. The molecule has 0 saturated heterocycles. The number of hydrogen-bond acceptors (Lipinski definition) is 4. The molecule has 0 aliphatic heterocycles. The van der Waals surface area contributed by atoms with Crippen LogP contribution >= 0.6 is 0 Å². The molecule has 0 radical (unpaired) electrons. The van der Waals surface area contributed by atoms with E-state index in [0.29, 0.717) is 11.4 Å². The quantitative estimate of drug-likeness (QED) is 0.374. The highest BCUT2D eigenvalue weighted by Crippen LogP contribution is 2.29. The van der Waals surface area contributed by atoms with E-state index in [9.17, 15) is 19.5 Å². The summed E-state index contributed by atoms with van der Waals surface area (Å²) in [5, 5.41) is 17.4. The Labute approximate surface area is 204 Å². The standard InChI is InChI=1S/C27H29N3O5/c1-16-6-13-22(17(2)14-16)29-26(34)28-20-10-7-18(8-11-20)19-9-12-21(23(15-19)35-5)24(31)30-27(3,4)25(32)33/h6-15H,1-5H3,(H,30,31)(H,32,33)(H2,28,29,34). The van der Waals surface area contributed by atoms with Crippen molar-refractivity contribution >= 4 is 29.3 Å². The minimum Gasteiger partial charge on any atom is -0.496 e. The molecule has 8 nitrogen and oxygen atoms in total. The zero-order valence-corrected chi connectivity index (χ0v) is 20.4. The molecule has 0 spiro atoms. The minimum atomic E-state index is -1.42. The number of urea groups is 1. The first-order chi connectivity index (χ1) is 16.5. The lowest BCUT2D eigenvalue weighted by atomic mass is 10.0. The Morgan fingerprint density at radius 2 is 1.51 bits per heavy atom. The minimum absolute atomic E-state index is 0.229. The van der Waals surface area contributed by atoms with Gasteiger partial charge < -0.3 is 25.8 Å². The maximum absolute atomic E-state index is 12.6. The third-order valence-electron chi connectivity index (χ3n) is 5.51. The fraction of sp³-hybridized carbons (Fsp3) is 0.222. The van der Waals surface area contributed by atoms with Crippen molar-refractivity contribution in [1.82, 2.24) is 5.32 Å². The third kappa shape index (κ3) is 6.17. The molecule has 3 aromatic carbocycles. The van der Waals surface area contributed by atoms with Gasteiger partial charge in [0.05, 0.1) is 12.7 Å². The SMILES string of the molecule is COc1cc(-c2ccc(NC(=O)Nc3ccc(C)cc3C)cc2)ccc1C(=O)NC(C)(C)C(=O)O. The maximum atomic E-state index is 12.6. The smallest absolute Gasteiger partial charge is 0.328 e. The van der Waals surface area contributed by atoms with E-state index in [-0.39, 0.29) is 11.6 Å². The van der Waals surface area contributed by atoms with Gasteiger partial charge in [-0.3, -0.25) is 4.79 Å². The molecule has 3 rings (SSSR count). The number of carboxylic acids is 1. The molecule has 0 saturated carbocycles. The van der Waals surface area contributed by atoms with Crippen LogP contribution in [0.15, 0.2) is 60.7 Å². The lowest BCUT2D eigenvalue weighted by Gasteiger charge is -2.21. The van der Waals surface area contributed by atoms with Crippen LogP contribution in [-0.4, -0.2) is 35.7 Å². The first-order valence-corrected chi connectivity index (χ1v) is 11.0. The third-order valence-corrected chi connectivity index (χ3v) is 5.51. The molecule has 3 aromatic rings. The molecule has 35 heavy (non-hydrogen) atoms. The highest BCUT2D eigenvalue weighted by Gasteiger charge is 2.30. The van der Waals surface area contributed by atoms with Gasteiger partial charge in [0.2, 0.25) is 0 Å². The Morgan fingerprint density at radius 1 is 0.857 bits per heavy atom. The zero-order valence-electron chi connectivity index (χ0n) is 20.4. The van der Waals surface area contributed by atoms with Crippen LogP contribution in [0.5, 0.6) is 5.75 Å². The Kier molecular flexibility index (Phi) is 7.44. The van der Waals surface area contributed by atoms with Gasteiger partial charge in [-0.05, 0) is 74.7 Å². The summed E-state index contributed by atoms with van der Waals surface area (Å²) in [6.07, 6.45) is 0. The molecule has 0 aromatic heterocycles. The van der Waals surface area contributed by atoms with Gasteiger partial charge in [-0.25, -0.2) is 9.59 Å². The van der Waals surface area contributed by atoms with E-state index in [1.807, 2.05) is 44.2 Å². The van der Waals surface area contributed by atoms with Crippen molar-refractivity contribution in [1.29, 1.82) is 0 Å². The average Bonchev–Trinajstić information content (AvgIpc) is 2.80. The van der Waals surface area contributed by atoms with Gasteiger partial charge in [-0.15, -0.1) is 0 Å². The van der Waals surface area contributed by atoms with Gasteiger partial charge >= 0.3 is 12.0 Å². The Hall–Kier alpha value is -4.33. The van der Waals surface area contributed by atoms with E-state index in [1.54, 1.807) is 30.3 Å². The molecule has 3 amide bonds.